The van der Waals surface area contributed by atoms with E-state index >= 15 is 0 Å². The van der Waals surface area contributed by atoms with Gasteiger partial charge in [-0.1, -0.05) is 39.8 Å². The van der Waals surface area contributed by atoms with Crippen molar-refractivity contribution in [2.45, 2.75) is 52.0 Å². The number of nitrogens with two attached hydrogens (primary N) is 1. The fourth-order valence-electron chi connectivity index (χ4n) is 1.65. The topological polar surface area (TPSA) is 55.1 Å². The molecule has 0 fully saturated rings. The highest BCUT2D eigenvalue weighted by Gasteiger charge is 2.13. The Bertz CT molecular complexity index is 390. The lowest BCUT2D eigenvalue weighted by atomic mass is 9.87. The molecule has 0 spiro atoms. The van der Waals surface area contributed by atoms with Gasteiger partial charge >= 0.3 is 0 Å². The van der Waals surface area contributed by atoms with Crippen molar-refractivity contribution >= 4 is 11.6 Å². The zero-order chi connectivity index (χ0) is 13.8. The first kappa shape index (κ1) is 14.7. The summed E-state index contributed by atoms with van der Waals surface area (Å²) in [5.74, 6) is -0.0205. The molecule has 1 aromatic carbocycles. The maximum Gasteiger partial charge on any atom is 0.225 e. The maximum absolute atomic E-state index is 11.7. The molecule has 1 rings (SSSR count). The molecule has 100 valence electrons. The molecular weight excluding hydrogens is 224 g/mol. The van der Waals surface area contributed by atoms with Crippen LogP contribution < -0.4 is 11.1 Å². The Morgan fingerprint density at radius 3 is 2.28 bits per heavy atom. The van der Waals surface area contributed by atoms with E-state index < -0.39 is 0 Å². The molecule has 0 heterocycles. The molecule has 0 radical (unpaired) electrons. The monoisotopic (exact) mass is 248 g/mol. The summed E-state index contributed by atoms with van der Waals surface area (Å²) in [5.41, 5.74) is 7.97. The van der Waals surface area contributed by atoms with Crippen molar-refractivity contribution in [3.63, 3.8) is 0 Å². The molecule has 0 bridgehead atoms. The van der Waals surface area contributed by atoms with Crippen molar-refractivity contribution in [1.82, 2.24) is 0 Å². The van der Waals surface area contributed by atoms with Crippen LogP contribution in [0.25, 0.3) is 0 Å². The van der Waals surface area contributed by atoms with Crippen LogP contribution in [0.1, 0.15) is 46.1 Å². The van der Waals surface area contributed by atoms with Gasteiger partial charge < -0.3 is 11.1 Å². The summed E-state index contributed by atoms with van der Waals surface area (Å²) < 4.78 is 0. The second kappa shape index (κ2) is 6.01. The first-order valence-electron chi connectivity index (χ1n) is 6.49. The van der Waals surface area contributed by atoms with Crippen molar-refractivity contribution in [2.75, 3.05) is 5.32 Å². The average Bonchev–Trinajstić information content (AvgIpc) is 2.28. The fraction of sp³-hybridized carbons (Fsp3) is 0.533. The van der Waals surface area contributed by atoms with Crippen LogP contribution in [0.5, 0.6) is 0 Å². The molecule has 3 nitrogen and oxygen atoms in total. The van der Waals surface area contributed by atoms with Gasteiger partial charge in [-0.25, -0.2) is 0 Å². The minimum Gasteiger partial charge on any atom is -0.327 e. The Labute approximate surface area is 110 Å². The lowest BCUT2D eigenvalue weighted by Crippen LogP contribution is -2.26. The highest BCUT2D eigenvalue weighted by Crippen LogP contribution is 2.23. The third kappa shape index (κ3) is 4.49. The van der Waals surface area contributed by atoms with Crippen LogP contribution in [-0.2, 0) is 10.2 Å². The number of anilines is 1. The van der Waals surface area contributed by atoms with Gasteiger partial charge in [0.1, 0.15) is 0 Å². The minimum atomic E-state index is -0.0566. The Hall–Kier alpha value is -1.35. The number of benzene rings is 1. The van der Waals surface area contributed by atoms with Crippen LogP contribution in [0, 0.1) is 0 Å². The van der Waals surface area contributed by atoms with Crippen LogP contribution in [0.15, 0.2) is 24.3 Å². The van der Waals surface area contributed by atoms with Gasteiger partial charge in [0.2, 0.25) is 5.91 Å². The summed E-state index contributed by atoms with van der Waals surface area (Å²) in [6.45, 7) is 8.48. The minimum absolute atomic E-state index is 0.0205. The van der Waals surface area contributed by atoms with Crippen LogP contribution in [0.3, 0.4) is 0 Å². The van der Waals surface area contributed by atoms with Crippen molar-refractivity contribution < 1.29 is 4.79 Å². The Balaban J connectivity index is 2.61. The lowest BCUT2D eigenvalue weighted by Gasteiger charge is -2.19. The van der Waals surface area contributed by atoms with E-state index in [1.54, 1.807) is 0 Å². The van der Waals surface area contributed by atoms with Crippen LogP contribution in [-0.4, -0.2) is 11.9 Å². The molecule has 1 aromatic rings. The third-order valence-electron chi connectivity index (χ3n) is 3.01. The fourth-order valence-corrected chi connectivity index (χ4v) is 1.65. The molecular formula is C15H24N2O. The number of amides is 1. The number of nitrogens with one attached hydrogen (secondary N) is 1. The molecule has 0 aliphatic carbocycles. The van der Waals surface area contributed by atoms with Crippen molar-refractivity contribution in [1.29, 1.82) is 0 Å². The quantitative estimate of drug-likeness (QED) is 0.860. The summed E-state index contributed by atoms with van der Waals surface area (Å²) >= 11 is 0. The van der Waals surface area contributed by atoms with Crippen molar-refractivity contribution in [2.24, 2.45) is 5.73 Å². The number of carbonyl (C=O) groups excluding carboxylic acids is 1. The molecule has 0 saturated carbocycles. The first-order valence-corrected chi connectivity index (χ1v) is 6.49. The zero-order valence-electron chi connectivity index (χ0n) is 11.8. The molecule has 0 aromatic heterocycles. The highest BCUT2D eigenvalue weighted by atomic mass is 16.1. The SMILES string of the molecule is CCC(N)CC(=O)Nc1ccc(C(C)(C)C)cc1. The van der Waals surface area contributed by atoms with E-state index in [-0.39, 0.29) is 17.4 Å². The summed E-state index contributed by atoms with van der Waals surface area (Å²) in [4.78, 5) is 11.7. The van der Waals surface area contributed by atoms with Gasteiger partial charge in [0.25, 0.3) is 0 Å². The van der Waals surface area contributed by atoms with E-state index in [0.717, 1.165) is 12.1 Å². The van der Waals surface area contributed by atoms with Crippen molar-refractivity contribution in [3.8, 4) is 0 Å². The van der Waals surface area contributed by atoms with Gasteiger partial charge in [-0.3, -0.25) is 4.79 Å². The van der Waals surface area contributed by atoms with Crippen molar-refractivity contribution in [3.05, 3.63) is 29.8 Å². The van der Waals surface area contributed by atoms with Crippen LogP contribution >= 0.6 is 0 Å². The normalized spacial score (nSPS) is 13.2. The van der Waals surface area contributed by atoms with E-state index in [0.29, 0.717) is 6.42 Å². The lowest BCUT2D eigenvalue weighted by molar-refractivity contribution is -0.116. The van der Waals surface area contributed by atoms with E-state index in [1.807, 2.05) is 19.1 Å². The van der Waals surface area contributed by atoms with Gasteiger partial charge in [-0.05, 0) is 29.5 Å². The van der Waals surface area contributed by atoms with Crippen LogP contribution in [0.2, 0.25) is 0 Å². The van der Waals surface area contributed by atoms with Gasteiger partial charge in [-0.15, -0.1) is 0 Å². The Morgan fingerprint density at radius 1 is 1.28 bits per heavy atom. The molecule has 3 heteroatoms. The maximum atomic E-state index is 11.7. The smallest absolute Gasteiger partial charge is 0.225 e. The number of hydrogen-bond acceptors (Lipinski definition) is 2. The van der Waals surface area contributed by atoms with Gasteiger partial charge in [0, 0.05) is 18.2 Å². The Kier molecular flexibility index (Phi) is 4.91. The second-order valence-electron chi connectivity index (χ2n) is 5.75. The van der Waals surface area contributed by atoms with E-state index in [2.05, 4.69) is 38.2 Å². The molecule has 0 aliphatic heterocycles. The van der Waals surface area contributed by atoms with Gasteiger partial charge in [-0.2, -0.15) is 0 Å². The molecule has 18 heavy (non-hydrogen) atoms. The molecule has 0 saturated heterocycles. The summed E-state index contributed by atoms with van der Waals surface area (Å²) in [7, 11) is 0. The van der Waals surface area contributed by atoms with Gasteiger partial charge in [0.15, 0.2) is 0 Å². The third-order valence-corrected chi connectivity index (χ3v) is 3.01. The molecule has 1 atom stereocenters. The number of carbonyl (C=O) groups is 1. The van der Waals surface area contributed by atoms with E-state index in [4.69, 9.17) is 5.73 Å². The van der Waals surface area contributed by atoms with Gasteiger partial charge in [0.05, 0.1) is 0 Å². The van der Waals surface area contributed by atoms with Crippen LogP contribution in [0.4, 0.5) is 5.69 Å². The molecule has 1 unspecified atom stereocenters. The zero-order valence-corrected chi connectivity index (χ0v) is 11.8. The highest BCUT2D eigenvalue weighted by molar-refractivity contribution is 5.91. The Morgan fingerprint density at radius 2 is 1.83 bits per heavy atom. The second-order valence-corrected chi connectivity index (χ2v) is 5.75. The average molecular weight is 248 g/mol. The summed E-state index contributed by atoms with van der Waals surface area (Å²) in [5, 5.41) is 2.87. The predicted molar refractivity (Wildman–Crippen MR) is 76.7 cm³/mol. The van der Waals surface area contributed by atoms with E-state index in [9.17, 15) is 4.79 Å². The first-order chi connectivity index (χ1) is 8.32. The molecule has 0 aliphatic rings. The molecule has 3 N–H and O–H groups in total. The summed E-state index contributed by atoms with van der Waals surface area (Å²) in [6, 6.07) is 7.93. The standard InChI is InChI=1S/C15H24N2O/c1-5-12(16)10-14(18)17-13-8-6-11(7-9-13)15(2,3)4/h6-9,12H,5,10,16H2,1-4H3,(H,17,18). The largest absolute Gasteiger partial charge is 0.327 e. The summed E-state index contributed by atoms with van der Waals surface area (Å²) in [6.07, 6.45) is 1.19. The predicted octanol–water partition coefficient (Wildman–Crippen LogP) is 3.05. The number of rotatable bonds is 4. The molecule has 1 amide bonds. The van der Waals surface area contributed by atoms with E-state index in [1.165, 1.54) is 5.56 Å². The number of hydrogen-bond donors (Lipinski definition) is 2.